The van der Waals surface area contributed by atoms with E-state index in [1.165, 1.54) is 23.4 Å². The van der Waals surface area contributed by atoms with E-state index in [1.807, 2.05) is 0 Å². The van der Waals surface area contributed by atoms with Crippen LogP contribution in [-0.2, 0) is 14.8 Å². The first-order chi connectivity index (χ1) is 13.8. The van der Waals surface area contributed by atoms with Gasteiger partial charge >= 0.3 is 0 Å². The monoisotopic (exact) mass is 420 g/mol. The molecule has 1 amide bonds. The smallest absolute Gasteiger partial charge is 0.260 e. The highest BCUT2D eigenvalue weighted by molar-refractivity contribution is 7.89. The number of rotatable bonds is 6. The quantitative estimate of drug-likeness (QED) is 0.667. The van der Waals surface area contributed by atoms with Gasteiger partial charge in [-0.25, -0.2) is 12.8 Å². The lowest BCUT2D eigenvalue weighted by atomic mass is 10.1. The van der Waals surface area contributed by atoms with Gasteiger partial charge in [0.05, 0.1) is 4.90 Å². The number of carbonyl (C=O) groups is 2. The third kappa shape index (κ3) is 4.99. The van der Waals surface area contributed by atoms with Crippen molar-refractivity contribution in [1.82, 2.24) is 9.21 Å². The van der Waals surface area contributed by atoms with E-state index in [-0.39, 0.29) is 49.4 Å². The Morgan fingerprint density at radius 3 is 2.10 bits per heavy atom. The minimum atomic E-state index is -3.72. The molecule has 0 aliphatic carbocycles. The fourth-order valence-corrected chi connectivity index (χ4v) is 4.38. The molecule has 2 aromatic carbocycles. The molecule has 0 aromatic heterocycles. The second-order valence-corrected chi connectivity index (χ2v) is 8.55. The lowest BCUT2D eigenvalue weighted by Gasteiger charge is -2.34. The first-order valence-electron chi connectivity index (χ1n) is 9.04. The minimum absolute atomic E-state index is 0.0241. The average molecular weight is 420 g/mol. The molecule has 9 heteroatoms. The zero-order valence-corrected chi connectivity index (χ0v) is 16.7. The molecular formula is C20H21FN2O5S. The summed E-state index contributed by atoms with van der Waals surface area (Å²) < 4.78 is 45.0. The number of ketones is 1. The maximum absolute atomic E-state index is 13.0. The van der Waals surface area contributed by atoms with Crippen molar-refractivity contribution in [2.24, 2.45) is 0 Å². The predicted molar refractivity (Wildman–Crippen MR) is 104 cm³/mol. The van der Waals surface area contributed by atoms with Crippen molar-refractivity contribution in [3.8, 4) is 5.75 Å². The number of ether oxygens (including phenoxy) is 1. The van der Waals surface area contributed by atoms with Gasteiger partial charge in [0, 0.05) is 31.7 Å². The van der Waals surface area contributed by atoms with E-state index in [4.69, 9.17) is 4.74 Å². The van der Waals surface area contributed by atoms with Crippen LogP contribution < -0.4 is 4.74 Å². The van der Waals surface area contributed by atoms with Crippen LogP contribution in [0.3, 0.4) is 0 Å². The highest BCUT2D eigenvalue weighted by Gasteiger charge is 2.30. The van der Waals surface area contributed by atoms with Crippen molar-refractivity contribution in [3.05, 3.63) is 59.9 Å². The molecule has 1 aliphatic rings. The Labute approximate surface area is 168 Å². The van der Waals surface area contributed by atoms with E-state index in [9.17, 15) is 22.4 Å². The average Bonchev–Trinajstić information content (AvgIpc) is 2.72. The molecule has 1 saturated heterocycles. The van der Waals surface area contributed by atoms with Crippen LogP contribution >= 0.6 is 0 Å². The summed E-state index contributed by atoms with van der Waals surface area (Å²) in [6, 6.07) is 11.2. The zero-order chi connectivity index (χ0) is 21.0. The fourth-order valence-electron chi connectivity index (χ4n) is 2.96. The molecule has 0 N–H and O–H groups in total. The van der Waals surface area contributed by atoms with Gasteiger partial charge in [0.15, 0.2) is 12.4 Å². The molecule has 1 fully saturated rings. The minimum Gasteiger partial charge on any atom is -0.484 e. The second kappa shape index (κ2) is 8.71. The van der Waals surface area contributed by atoms with Gasteiger partial charge in [-0.05, 0) is 55.5 Å². The Hall–Kier alpha value is -2.78. The molecule has 29 heavy (non-hydrogen) atoms. The Bertz CT molecular complexity index is 983. The number of hydrogen-bond acceptors (Lipinski definition) is 5. The molecule has 0 spiro atoms. The summed E-state index contributed by atoms with van der Waals surface area (Å²) >= 11 is 0. The number of sulfonamides is 1. The van der Waals surface area contributed by atoms with Gasteiger partial charge in [0.25, 0.3) is 5.91 Å². The van der Waals surface area contributed by atoms with E-state index < -0.39 is 15.8 Å². The molecule has 3 rings (SSSR count). The van der Waals surface area contributed by atoms with E-state index >= 15 is 0 Å². The molecule has 7 nitrogen and oxygen atoms in total. The number of Topliss-reactive ketones (excluding diaryl/α,β-unsaturated/α-hetero) is 1. The number of carbonyl (C=O) groups excluding carboxylic acids is 2. The Balaban J connectivity index is 1.52. The number of piperazine rings is 1. The fraction of sp³-hybridized carbons (Fsp3) is 0.300. The second-order valence-electron chi connectivity index (χ2n) is 6.61. The summed E-state index contributed by atoms with van der Waals surface area (Å²) in [4.78, 5) is 25.2. The summed E-state index contributed by atoms with van der Waals surface area (Å²) in [6.07, 6.45) is 0. The van der Waals surface area contributed by atoms with Crippen LogP contribution in [0.2, 0.25) is 0 Å². The van der Waals surface area contributed by atoms with Gasteiger partial charge in [0.2, 0.25) is 10.0 Å². The van der Waals surface area contributed by atoms with Crippen molar-refractivity contribution in [3.63, 3.8) is 0 Å². The summed E-state index contributed by atoms with van der Waals surface area (Å²) in [5.74, 6) is -0.336. The first kappa shape index (κ1) is 20.9. The Morgan fingerprint density at radius 2 is 1.55 bits per heavy atom. The summed E-state index contributed by atoms with van der Waals surface area (Å²) in [6.45, 7) is 2.08. The van der Waals surface area contributed by atoms with Crippen molar-refractivity contribution in [2.75, 3.05) is 32.8 Å². The van der Waals surface area contributed by atoms with Crippen molar-refractivity contribution in [2.45, 2.75) is 11.8 Å². The molecule has 0 saturated carbocycles. The maximum Gasteiger partial charge on any atom is 0.260 e. The van der Waals surface area contributed by atoms with Gasteiger partial charge < -0.3 is 9.64 Å². The molecule has 0 radical (unpaired) electrons. The summed E-state index contributed by atoms with van der Waals surface area (Å²) in [7, 11) is -3.72. The third-order valence-corrected chi connectivity index (χ3v) is 6.58. The topological polar surface area (TPSA) is 84.0 Å². The van der Waals surface area contributed by atoms with Gasteiger partial charge in [-0.1, -0.05) is 0 Å². The van der Waals surface area contributed by atoms with E-state index in [0.29, 0.717) is 11.3 Å². The number of benzene rings is 2. The number of amides is 1. The van der Waals surface area contributed by atoms with E-state index in [1.54, 1.807) is 29.2 Å². The number of hydrogen-bond donors (Lipinski definition) is 0. The Morgan fingerprint density at radius 1 is 0.966 bits per heavy atom. The van der Waals surface area contributed by atoms with E-state index in [0.717, 1.165) is 12.1 Å². The normalized spacial score (nSPS) is 15.2. The number of halogens is 1. The standard InChI is InChI=1S/C20H21FN2O5S/c1-15(24)16-2-6-18(7-3-16)28-14-20(25)22-10-12-23(13-11-22)29(26,27)19-8-4-17(21)5-9-19/h2-9H,10-14H2,1H3. The summed E-state index contributed by atoms with van der Waals surface area (Å²) in [5.41, 5.74) is 0.558. The van der Waals surface area contributed by atoms with Crippen molar-refractivity contribution < 1.29 is 27.1 Å². The molecule has 1 aliphatic heterocycles. The third-order valence-electron chi connectivity index (χ3n) is 4.67. The van der Waals surface area contributed by atoms with Crippen molar-refractivity contribution >= 4 is 21.7 Å². The SMILES string of the molecule is CC(=O)c1ccc(OCC(=O)N2CCN(S(=O)(=O)c3ccc(F)cc3)CC2)cc1. The van der Waals surface area contributed by atoms with Gasteiger partial charge in [-0.15, -0.1) is 0 Å². The zero-order valence-electron chi connectivity index (χ0n) is 15.9. The molecule has 0 atom stereocenters. The predicted octanol–water partition coefficient (Wildman–Crippen LogP) is 1.94. The van der Waals surface area contributed by atoms with Crippen LogP contribution in [0.4, 0.5) is 4.39 Å². The largest absolute Gasteiger partial charge is 0.484 e. The first-order valence-corrected chi connectivity index (χ1v) is 10.5. The lowest BCUT2D eigenvalue weighted by Crippen LogP contribution is -2.51. The van der Waals surface area contributed by atoms with Crippen LogP contribution in [0.1, 0.15) is 17.3 Å². The Kier molecular flexibility index (Phi) is 6.29. The summed E-state index contributed by atoms with van der Waals surface area (Å²) in [5, 5.41) is 0. The molecule has 154 valence electrons. The van der Waals surface area contributed by atoms with Gasteiger partial charge in [-0.2, -0.15) is 4.31 Å². The molecular weight excluding hydrogens is 399 g/mol. The molecule has 0 bridgehead atoms. The van der Waals surface area contributed by atoms with Crippen LogP contribution in [0.15, 0.2) is 53.4 Å². The van der Waals surface area contributed by atoms with Gasteiger partial charge in [0.1, 0.15) is 11.6 Å². The molecule has 2 aromatic rings. The molecule has 0 unspecified atom stereocenters. The maximum atomic E-state index is 13.0. The molecule has 1 heterocycles. The van der Waals surface area contributed by atoms with Gasteiger partial charge in [-0.3, -0.25) is 9.59 Å². The van der Waals surface area contributed by atoms with E-state index in [2.05, 4.69) is 0 Å². The highest BCUT2D eigenvalue weighted by atomic mass is 32.2. The lowest BCUT2D eigenvalue weighted by molar-refractivity contribution is -0.134. The van der Waals surface area contributed by atoms with Crippen molar-refractivity contribution in [1.29, 1.82) is 0 Å². The number of nitrogens with zero attached hydrogens (tertiary/aromatic N) is 2. The van der Waals surface area contributed by atoms with Crippen LogP contribution in [0.5, 0.6) is 5.75 Å². The van der Waals surface area contributed by atoms with Crippen LogP contribution in [-0.4, -0.2) is 62.1 Å². The highest BCUT2D eigenvalue weighted by Crippen LogP contribution is 2.18. The van der Waals surface area contributed by atoms with Crippen LogP contribution in [0.25, 0.3) is 0 Å². The van der Waals surface area contributed by atoms with Crippen LogP contribution in [0, 0.1) is 5.82 Å².